The van der Waals surface area contributed by atoms with Crippen LogP contribution >= 0.6 is 0 Å². The van der Waals surface area contributed by atoms with E-state index >= 15 is 0 Å². The van der Waals surface area contributed by atoms with Gasteiger partial charge >= 0.3 is 0 Å². The van der Waals surface area contributed by atoms with Crippen molar-refractivity contribution in [2.75, 3.05) is 6.61 Å². The maximum Gasteiger partial charge on any atom is 0.253 e. The summed E-state index contributed by atoms with van der Waals surface area (Å²) in [6.45, 7) is 9.36. The number of benzene rings is 2. The summed E-state index contributed by atoms with van der Waals surface area (Å²) in [5, 5.41) is 13.7. The van der Waals surface area contributed by atoms with Crippen molar-refractivity contribution < 1.29 is 13.5 Å². The van der Waals surface area contributed by atoms with Crippen LogP contribution in [0, 0.1) is 5.82 Å². The van der Waals surface area contributed by atoms with Gasteiger partial charge in [0.25, 0.3) is 5.56 Å². The van der Waals surface area contributed by atoms with Crippen LogP contribution in [0.15, 0.2) is 76.1 Å². The molecule has 0 bridgehead atoms. The van der Waals surface area contributed by atoms with Crippen LogP contribution in [-0.2, 0) is 18.6 Å². The number of hydrogen-bond donors (Lipinski definition) is 1. The fourth-order valence-electron chi connectivity index (χ4n) is 4.77. The minimum absolute atomic E-state index is 0.255. The molecule has 0 unspecified atom stereocenters. The normalized spacial score (nSPS) is 12.8. The third-order valence-corrected chi connectivity index (χ3v) is 7.23. The fourth-order valence-corrected chi connectivity index (χ4v) is 4.77. The zero-order valence-corrected chi connectivity index (χ0v) is 23.1. The van der Waals surface area contributed by atoms with Gasteiger partial charge in [-0.1, -0.05) is 19.1 Å². The van der Waals surface area contributed by atoms with Crippen LogP contribution in [0.5, 0.6) is 5.75 Å². The molecule has 0 aliphatic heterocycles. The average molecular weight is 545 g/mol. The Balaban J connectivity index is 1.72. The van der Waals surface area contributed by atoms with Crippen molar-refractivity contribution in [3.05, 3.63) is 106 Å². The first-order valence-corrected chi connectivity index (χ1v) is 13.4. The maximum absolute atomic E-state index is 13.8. The summed E-state index contributed by atoms with van der Waals surface area (Å²) < 4.78 is 27.0. The predicted octanol–water partition coefficient (Wildman–Crippen LogP) is 5.58. The van der Waals surface area contributed by atoms with Crippen LogP contribution in [0.25, 0.3) is 10.9 Å². The summed E-state index contributed by atoms with van der Waals surface area (Å²) in [4.78, 5) is 18.9. The first-order valence-electron chi connectivity index (χ1n) is 13.4. The third kappa shape index (κ3) is 5.67. The molecular weight excluding hydrogens is 511 g/mol. The highest BCUT2D eigenvalue weighted by molar-refractivity contribution is 5.80. The molecule has 208 valence electrons. The number of rotatable bonds is 11. The second-order valence-corrected chi connectivity index (χ2v) is 10.4. The van der Waals surface area contributed by atoms with Gasteiger partial charge in [0.2, 0.25) is 0 Å². The number of aromatic amines is 1. The molecule has 0 fully saturated rings. The van der Waals surface area contributed by atoms with E-state index in [0.29, 0.717) is 48.1 Å². The van der Waals surface area contributed by atoms with Gasteiger partial charge in [0, 0.05) is 23.0 Å². The molecule has 5 rings (SSSR count). The number of tetrazole rings is 1. The number of halogens is 1. The summed E-state index contributed by atoms with van der Waals surface area (Å²) in [6.07, 6.45) is 2.38. The zero-order chi connectivity index (χ0) is 28.3. The third-order valence-electron chi connectivity index (χ3n) is 7.23. The summed E-state index contributed by atoms with van der Waals surface area (Å²) >= 11 is 0. The Bertz CT molecular complexity index is 1630. The molecule has 0 aliphatic carbocycles. The number of nitrogens with zero attached hydrogens (tertiary/aromatic N) is 5. The Hall–Kier alpha value is -4.31. The number of ether oxygens (including phenoxy) is 1. The molecule has 0 amide bonds. The molecule has 0 saturated heterocycles. The SMILES string of the molecule is CCOc1ccc2[nH]c(=O)c([C@@H](c3nnnn3C(C)(C)CC)N(Cc3ccc(F)cc3)Cc3ccco3)cc2c1. The van der Waals surface area contributed by atoms with Gasteiger partial charge < -0.3 is 14.1 Å². The number of furan rings is 1. The quantitative estimate of drug-likeness (QED) is 0.232. The number of aromatic nitrogens is 5. The van der Waals surface area contributed by atoms with Gasteiger partial charge in [-0.2, -0.15) is 0 Å². The molecule has 9 nitrogen and oxygen atoms in total. The number of nitrogens with one attached hydrogen (secondary N) is 1. The predicted molar refractivity (Wildman–Crippen MR) is 149 cm³/mol. The van der Waals surface area contributed by atoms with Gasteiger partial charge in [-0.05, 0) is 91.7 Å². The van der Waals surface area contributed by atoms with E-state index in [0.717, 1.165) is 17.4 Å². The van der Waals surface area contributed by atoms with E-state index < -0.39 is 11.6 Å². The van der Waals surface area contributed by atoms with E-state index in [2.05, 4.69) is 46.2 Å². The largest absolute Gasteiger partial charge is 0.494 e. The van der Waals surface area contributed by atoms with Crippen LogP contribution < -0.4 is 10.3 Å². The Morgan fingerprint density at radius 1 is 1.10 bits per heavy atom. The number of hydrogen-bond acceptors (Lipinski definition) is 7. The van der Waals surface area contributed by atoms with Gasteiger partial charge in [0.1, 0.15) is 23.4 Å². The molecule has 3 aromatic heterocycles. The van der Waals surface area contributed by atoms with E-state index in [9.17, 15) is 9.18 Å². The van der Waals surface area contributed by atoms with E-state index in [1.165, 1.54) is 12.1 Å². The molecule has 1 N–H and O–H groups in total. The van der Waals surface area contributed by atoms with Gasteiger partial charge in [0.15, 0.2) is 5.82 Å². The Kier molecular flexibility index (Phi) is 7.79. The first kappa shape index (κ1) is 27.3. The van der Waals surface area contributed by atoms with Crippen LogP contribution in [0.4, 0.5) is 4.39 Å². The molecule has 1 atom stereocenters. The van der Waals surface area contributed by atoms with Gasteiger partial charge in [-0.3, -0.25) is 9.69 Å². The van der Waals surface area contributed by atoms with Gasteiger partial charge in [-0.15, -0.1) is 5.10 Å². The molecule has 0 spiro atoms. The van der Waals surface area contributed by atoms with Crippen molar-refractivity contribution in [2.45, 2.75) is 58.8 Å². The smallest absolute Gasteiger partial charge is 0.253 e. The number of fused-ring (bicyclic) bond motifs is 1. The van der Waals surface area contributed by atoms with E-state index in [1.54, 1.807) is 23.1 Å². The van der Waals surface area contributed by atoms with Gasteiger partial charge in [0.05, 0.1) is 25.0 Å². The standard InChI is InChI=1S/C30H33FN6O3/c1-5-30(3,4)37-28(33-34-35-37)27(25-17-21-16-23(39-6-2)13-14-26(21)32-29(25)38)36(19-24-8-7-15-40-24)18-20-9-11-22(31)12-10-20/h7-17,27H,5-6,18-19H2,1-4H3,(H,32,38)/t27-/m0/s1. The van der Waals surface area contributed by atoms with Crippen LogP contribution in [0.2, 0.25) is 0 Å². The average Bonchev–Trinajstić information content (AvgIpc) is 3.64. The summed E-state index contributed by atoms with van der Waals surface area (Å²) in [5.74, 6) is 1.62. The Morgan fingerprint density at radius 3 is 2.60 bits per heavy atom. The molecular formula is C30H33FN6O3. The lowest BCUT2D eigenvalue weighted by Crippen LogP contribution is -2.38. The maximum atomic E-state index is 13.8. The van der Waals surface area contributed by atoms with Crippen molar-refractivity contribution >= 4 is 10.9 Å². The molecule has 0 saturated carbocycles. The Morgan fingerprint density at radius 2 is 1.90 bits per heavy atom. The number of H-pyrrole nitrogens is 1. The Labute approximate surface area is 231 Å². The highest BCUT2D eigenvalue weighted by Crippen LogP contribution is 2.33. The molecule has 3 heterocycles. The molecule has 10 heteroatoms. The second kappa shape index (κ2) is 11.4. The van der Waals surface area contributed by atoms with Crippen LogP contribution in [-0.4, -0.2) is 36.7 Å². The lowest BCUT2D eigenvalue weighted by Gasteiger charge is -2.33. The van der Waals surface area contributed by atoms with Gasteiger partial charge in [-0.25, -0.2) is 9.07 Å². The topological polar surface area (TPSA) is 102 Å². The van der Waals surface area contributed by atoms with Crippen LogP contribution in [0.3, 0.4) is 0 Å². The van der Waals surface area contributed by atoms with Crippen molar-refractivity contribution in [3.8, 4) is 5.75 Å². The lowest BCUT2D eigenvalue weighted by molar-refractivity contribution is 0.168. The molecule has 2 aromatic carbocycles. The van der Waals surface area contributed by atoms with E-state index in [1.807, 2.05) is 43.3 Å². The highest BCUT2D eigenvalue weighted by atomic mass is 19.1. The highest BCUT2D eigenvalue weighted by Gasteiger charge is 2.35. The summed E-state index contributed by atoms with van der Waals surface area (Å²) in [6, 6.07) is 16.8. The van der Waals surface area contributed by atoms with Crippen molar-refractivity contribution in [1.82, 2.24) is 30.1 Å². The zero-order valence-electron chi connectivity index (χ0n) is 23.1. The minimum atomic E-state index is -0.667. The molecule has 0 radical (unpaired) electrons. The van der Waals surface area contributed by atoms with E-state index in [4.69, 9.17) is 9.15 Å². The molecule has 5 aromatic rings. The summed E-state index contributed by atoms with van der Waals surface area (Å²) in [5.41, 5.74) is 1.35. The van der Waals surface area contributed by atoms with Crippen molar-refractivity contribution in [1.29, 1.82) is 0 Å². The van der Waals surface area contributed by atoms with Crippen molar-refractivity contribution in [3.63, 3.8) is 0 Å². The lowest BCUT2D eigenvalue weighted by atomic mass is 9.98. The minimum Gasteiger partial charge on any atom is -0.494 e. The monoisotopic (exact) mass is 544 g/mol. The van der Waals surface area contributed by atoms with E-state index in [-0.39, 0.29) is 11.4 Å². The van der Waals surface area contributed by atoms with Crippen LogP contribution in [0.1, 0.15) is 62.9 Å². The van der Waals surface area contributed by atoms with Crippen molar-refractivity contribution in [2.24, 2.45) is 0 Å². The first-order chi connectivity index (χ1) is 19.3. The molecule has 40 heavy (non-hydrogen) atoms. The number of pyridine rings is 1. The fraction of sp³-hybridized carbons (Fsp3) is 0.333. The summed E-state index contributed by atoms with van der Waals surface area (Å²) in [7, 11) is 0. The molecule has 0 aliphatic rings. The second-order valence-electron chi connectivity index (χ2n) is 10.4.